The second-order valence-corrected chi connectivity index (χ2v) is 5.72. The van der Waals surface area contributed by atoms with Crippen LogP contribution in [0, 0.1) is 11.8 Å². The number of pyridine rings is 1. The van der Waals surface area contributed by atoms with Gasteiger partial charge in [-0.2, -0.15) is 4.39 Å². The van der Waals surface area contributed by atoms with Crippen LogP contribution in [0.25, 0.3) is 0 Å². The van der Waals surface area contributed by atoms with Gasteiger partial charge in [0.15, 0.2) is 5.82 Å². The SMILES string of the molecule is CC(C)Oc1ccc(Nc2ncc(Nc3cc(F)ncc3F)cn2)cc1. The Labute approximate surface area is 149 Å². The molecule has 0 bridgehead atoms. The number of nitrogens with zero attached hydrogens (tertiary/aromatic N) is 3. The summed E-state index contributed by atoms with van der Waals surface area (Å²) in [5.74, 6) is -0.303. The Balaban J connectivity index is 1.65. The summed E-state index contributed by atoms with van der Waals surface area (Å²) in [7, 11) is 0. The molecular weight excluding hydrogens is 340 g/mol. The molecule has 134 valence electrons. The highest BCUT2D eigenvalue weighted by Gasteiger charge is 2.06. The topological polar surface area (TPSA) is 72.0 Å². The fourth-order valence-electron chi connectivity index (χ4n) is 2.14. The zero-order valence-corrected chi connectivity index (χ0v) is 14.2. The standard InChI is InChI=1S/C18H17F2N5O/c1-11(2)26-14-5-3-12(4-6-14)25-18-22-8-13(9-23-18)24-16-7-17(20)21-10-15(16)19/h3-11H,1-2H3,(H,21,24)(H,22,23,25). The van der Waals surface area contributed by atoms with Gasteiger partial charge in [-0.1, -0.05) is 0 Å². The minimum atomic E-state index is -0.780. The lowest BCUT2D eigenvalue weighted by Crippen LogP contribution is -2.05. The summed E-state index contributed by atoms with van der Waals surface area (Å²) in [6, 6.07) is 8.35. The summed E-state index contributed by atoms with van der Waals surface area (Å²) < 4.78 is 32.2. The maximum atomic E-state index is 13.6. The highest BCUT2D eigenvalue weighted by Crippen LogP contribution is 2.21. The fourth-order valence-corrected chi connectivity index (χ4v) is 2.14. The summed E-state index contributed by atoms with van der Waals surface area (Å²) in [4.78, 5) is 11.5. The van der Waals surface area contributed by atoms with E-state index in [1.54, 1.807) is 0 Å². The van der Waals surface area contributed by atoms with E-state index < -0.39 is 11.8 Å². The second kappa shape index (κ2) is 7.73. The Kier molecular flexibility index (Phi) is 5.21. The monoisotopic (exact) mass is 357 g/mol. The van der Waals surface area contributed by atoms with Gasteiger partial charge in [-0.05, 0) is 38.1 Å². The average molecular weight is 357 g/mol. The van der Waals surface area contributed by atoms with Gasteiger partial charge in [-0.3, -0.25) is 0 Å². The molecule has 0 saturated carbocycles. The Bertz CT molecular complexity index is 870. The van der Waals surface area contributed by atoms with Gasteiger partial charge in [0.05, 0.1) is 36.1 Å². The van der Waals surface area contributed by atoms with Crippen molar-refractivity contribution < 1.29 is 13.5 Å². The van der Waals surface area contributed by atoms with Crippen LogP contribution in [0.3, 0.4) is 0 Å². The van der Waals surface area contributed by atoms with Crippen LogP contribution in [0.15, 0.2) is 48.9 Å². The van der Waals surface area contributed by atoms with Crippen molar-refractivity contribution in [3.05, 3.63) is 60.7 Å². The molecule has 8 heteroatoms. The van der Waals surface area contributed by atoms with Crippen molar-refractivity contribution in [2.45, 2.75) is 20.0 Å². The van der Waals surface area contributed by atoms with E-state index >= 15 is 0 Å². The molecule has 0 fully saturated rings. The van der Waals surface area contributed by atoms with Crippen molar-refractivity contribution in [1.82, 2.24) is 15.0 Å². The molecular formula is C18H17F2N5O. The molecule has 2 aromatic heterocycles. The maximum absolute atomic E-state index is 13.6. The van der Waals surface area contributed by atoms with E-state index in [0.29, 0.717) is 11.6 Å². The van der Waals surface area contributed by atoms with Crippen molar-refractivity contribution in [3.8, 4) is 5.75 Å². The molecule has 0 atom stereocenters. The van der Waals surface area contributed by atoms with E-state index in [1.165, 1.54) is 12.4 Å². The molecule has 0 spiro atoms. The number of hydrogen-bond acceptors (Lipinski definition) is 6. The van der Waals surface area contributed by atoms with E-state index in [9.17, 15) is 8.78 Å². The highest BCUT2D eigenvalue weighted by atomic mass is 19.1. The number of benzene rings is 1. The maximum Gasteiger partial charge on any atom is 0.227 e. The van der Waals surface area contributed by atoms with Crippen molar-refractivity contribution in [2.24, 2.45) is 0 Å². The Morgan fingerprint density at radius 2 is 1.58 bits per heavy atom. The summed E-state index contributed by atoms with van der Waals surface area (Å²) >= 11 is 0. The van der Waals surface area contributed by atoms with Crippen LogP contribution in [0.1, 0.15) is 13.8 Å². The lowest BCUT2D eigenvalue weighted by Gasteiger charge is -2.11. The van der Waals surface area contributed by atoms with Crippen LogP contribution in [0.5, 0.6) is 5.75 Å². The zero-order valence-electron chi connectivity index (χ0n) is 14.2. The van der Waals surface area contributed by atoms with E-state index in [0.717, 1.165) is 23.7 Å². The minimum Gasteiger partial charge on any atom is -0.491 e. The van der Waals surface area contributed by atoms with Gasteiger partial charge in [0.2, 0.25) is 11.9 Å². The van der Waals surface area contributed by atoms with Gasteiger partial charge >= 0.3 is 0 Å². The molecule has 3 aromatic rings. The van der Waals surface area contributed by atoms with Crippen LogP contribution in [-0.2, 0) is 0 Å². The van der Waals surface area contributed by atoms with E-state index in [2.05, 4.69) is 25.6 Å². The third-order valence-electron chi connectivity index (χ3n) is 3.24. The Morgan fingerprint density at radius 3 is 2.23 bits per heavy atom. The number of aromatic nitrogens is 3. The highest BCUT2D eigenvalue weighted by molar-refractivity contribution is 5.60. The lowest BCUT2D eigenvalue weighted by molar-refractivity contribution is 0.242. The van der Waals surface area contributed by atoms with Crippen molar-refractivity contribution in [3.63, 3.8) is 0 Å². The first-order valence-electron chi connectivity index (χ1n) is 7.93. The zero-order chi connectivity index (χ0) is 18.5. The molecule has 0 aliphatic rings. The summed E-state index contributed by atoms with van der Waals surface area (Å²) in [5.41, 5.74) is 1.17. The molecule has 2 N–H and O–H groups in total. The largest absolute Gasteiger partial charge is 0.491 e. The van der Waals surface area contributed by atoms with Crippen LogP contribution in [0.4, 0.5) is 31.8 Å². The molecule has 2 heterocycles. The lowest BCUT2D eigenvalue weighted by atomic mass is 10.3. The smallest absolute Gasteiger partial charge is 0.227 e. The van der Waals surface area contributed by atoms with E-state index in [4.69, 9.17) is 4.74 Å². The first-order chi connectivity index (χ1) is 12.5. The normalized spacial score (nSPS) is 10.7. The van der Waals surface area contributed by atoms with Gasteiger partial charge < -0.3 is 15.4 Å². The first kappa shape index (κ1) is 17.5. The average Bonchev–Trinajstić information content (AvgIpc) is 2.61. The van der Waals surface area contributed by atoms with Crippen molar-refractivity contribution in [2.75, 3.05) is 10.6 Å². The number of nitrogens with one attached hydrogen (secondary N) is 2. The molecule has 0 aliphatic heterocycles. The number of hydrogen-bond donors (Lipinski definition) is 2. The second-order valence-electron chi connectivity index (χ2n) is 5.72. The van der Waals surface area contributed by atoms with Gasteiger partial charge in [0.1, 0.15) is 5.75 Å². The minimum absolute atomic E-state index is 0.0393. The van der Waals surface area contributed by atoms with Crippen LogP contribution in [-0.4, -0.2) is 21.1 Å². The summed E-state index contributed by atoms with van der Waals surface area (Å²) in [6.07, 6.45) is 3.84. The molecule has 26 heavy (non-hydrogen) atoms. The predicted molar refractivity (Wildman–Crippen MR) is 95.0 cm³/mol. The first-order valence-corrected chi connectivity index (χ1v) is 7.93. The van der Waals surface area contributed by atoms with Gasteiger partial charge in [0, 0.05) is 11.8 Å². The Morgan fingerprint density at radius 1 is 0.885 bits per heavy atom. The van der Waals surface area contributed by atoms with Gasteiger partial charge in [-0.15, -0.1) is 0 Å². The van der Waals surface area contributed by atoms with Crippen molar-refractivity contribution >= 4 is 23.0 Å². The third kappa shape index (κ3) is 4.62. The molecule has 0 unspecified atom stereocenters. The molecule has 0 amide bonds. The molecule has 3 rings (SSSR count). The molecule has 0 radical (unpaired) electrons. The molecule has 0 aliphatic carbocycles. The molecule has 1 aromatic carbocycles. The van der Waals surface area contributed by atoms with Gasteiger partial charge in [-0.25, -0.2) is 19.3 Å². The van der Waals surface area contributed by atoms with Crippen LogP contribution < -0.4 is 15.4 Å². The summed E-state index contributed by atoms with van der Waals surface area (Å²) in [6.45, 7) is 3.92. The summed E-state index contributed by atoms with van der Waals surface area (Å²) in [5, 5.41) is 5.75. The van der Waals surface area contributed by atoms with Crippen LogP contribution in [0.2, 0.25) is 0 Å². The number of ether oxygens (including phenoxy) is 1. The fraction of sp³-hybridized carbons (Fsp3) is 0.167. The van der Waals surface area contributed by atoms with Gasteiger partial charge in [0.25, 0.3) is 0 Å². The predicted octanol–water partition coefficient (Wildman–Crippen LogP) is 4.42. The molecule has 0 saturated heterocycles. The number of anilines is 4. The number of rotatable bonds is 6. The van der Waals surface area contributed by atoms with E-state index in [-0.39, 0.29) is 11.8 Å². The Hall–Kier alpha value is -3.29. The van der Waals surface area contributed by atoms with Crippen LogP contribution >= 0.6 is 0 Å². The molecule has 6 nitrogen and oxygen atoms in total. The van der Waals surface area contributed by atoms with E-state index in [1.807, 2.05) is 38.1 Å². The number of halogens is 2. The third-order valence-corrected chi connectivity index (χ3v) is 3.24. The van der Waals surface area contributed by atoms with Crippen molar-refractivity contribution in [1.29, 1.82) is 0 Å². The quantitative estimate of drug-likeness (QED) is 0.636.